The number of carbonyl (C=O) groups excluding carboxylic acids is 1. The molecule has 0 spiro atoms. The Morgan fingerprint density at radius 1 is 1.44 bits per heavy atom. The average molecular weight is 260 g/mol. The van der Waals surface area contributed by atoms with Crippen LogP contribution in [0.25, 0.3) is 0 Å². The maximum absolute atomic E-state index is 11.9. The molecule has 0 aliphatic carbocycles. The molecule has 7 nitrogen and oxygen atoms in total. The van der Waals surface area contributed by atoms with E-state index in [1.807, 2.05) is 6.92 Å². The minimum absolute atomic E-state index is 0.0219. The van der Waals surface area contributed by atoms with Crippen molar-refractivity contribution in [1.29, 1.82) is 0 Å². The summed E-state index contributed by atoms with van der Waals surface area (Å²) in [5.41, 5.74) is 0. The molecule has 0 aromatic heterocycles. The fourth-order valence-electron chi connectivity index (χ4n) is 1.85. The van der Waals surface area contributed by atoms with Gasteiger partial charge in [-0.05, 0) is 13.3 Å². The maximum Gasteiger partial charge on any atom is 0.317 e. The number of carbonyl (C=O) groups is 2. The predicted octanol–water partition coefficient (Wildman–Crippen LogP) is -0.500. The fourth-order valence-corrected chi connectivity index (χ4v) is 1.85. The summed E-state index contributed by atoms with van der Waals surface area (Å²) in [5, 5.41) is 20.4. The Balaban J connectivity index is 2.49. The molecule has 0 bridgehead atoms. The highest BCUT2D eigenvalue weighted by Gasteiger charge is 2.35. The molecule has 1 rings (SSSR count). The van der Waals surface area contributed by atoms with Crippen LogP contribution in [0, 0.1) is 5.92 Å². The molecule has 7 heteroatoms. The highest BCUT2D eigenvalue weighted by molar-refractivity contribution is 5.77. The first-order valence-corrected chi connectivity index (χ1v) is 6.07. The first kappa shape index (κ1) is 14.7. The molecule has 0 radical (unpaired) electrons. The number of carboxylic acid groups (broad SMARTS) is 1. The predicted molar refractivity (Wildman–Crippen MR) is 63.2 cm³/mol. The molecular formula is C11H20N2O5. The lowest BCUT2D eigenvalue weighted by Crippen LogP contribution is -2.49. The Morgan fingerprint density at radius 2 is 2.17 bits per heavy atom. The fraction of sp³-hybridized carbons (Fsp3) is 0.818. The number of ether oxygens (including phenoxy) is 1. The van der Waals surface area contributed by atoms with Crippen molar-refractivity contribution in [2.75, 3.05) is 32.9 Å². The van der Waals surface area contributed by atoms with Gasteiger partial charge in [-0.2, -0.15) is 0 Å². The van der Waals surface area contributed by atoms with Crippen molar-refractivity contribution in [3.05, 3.63) is 0 Å². The van der Waals surface area contributed by atoms with Gasteiger partial charge in [0.1, 0.15) is 5.92 Å². The molecule has 0 saturated carbocycles. The van der Waals surface area contributed by atoms with E-state index < -0.39 is 17.9 Å². The van der Waals surface area contributed by atoms with Crippen LogP contribution in [-0.2, 0) is 9.53 Å². The second kappa shape index (κ2) is 7.17. The number of carboxylic acids is 1. The summed E-state index contributed by atoms with van der Waals surface area (Å²) in [4.78, 5) is 24.4. The van der Waals surface area contributed by atoms with E-state index in [9.17, 15) is 9.59 Å². The van der Waals surface area contributed by atoms with Crippen LogP contribution in [0.3, 0.4) is 0 Å². The highest BCUT2D eigenvalue weighted by Crippen LogP contribution is 2.14. The topological polar surface area (TPSA) is 99.1 Å². The van der Waals surface area contributed by atoms with Crippen LogP contribution >= 0.6 is 0 Å². The van der Waals surface area contributed by atoms with Gasteiger partial charge in [-0.15, -0.1) is 0 Å². The number of nitrogens with zero attached hydrogens (tertiary/aromatic N) is 1. The molecule has 104 valence electrons. The highest BCUT2D eigenvalue weighted by atomic mass is 16.5. The lowest BCUT2D eigenvalue weighted by atomic mass is 10.0. The van der Waals surface area contributed by atoms with Crippen LogP contribution < -0.4 is 5.32 Å². The molecule has 1 aliphatic rings. The summed E-state index contributed by atoms with van der Waals surface area (Å²) >= 11 is 0. The monoisotopic (exact) mass is 260 g/mol. The number of aliphatic hydroxyl groups is 1. The summed E-state index contributed by atoms with van der Waals surface area (Å²) in [7, 11) is 0. The van der Waals surface area contributed by atoms with E-state index in [-0.39, 0.29) is 25.9 Å². The van der Waals surface area contributed by atoms with Crippen LogP contribution in [0.15, 0.2) is 0 Å². The summed E-state index contributed by atoms with van der Waals surface area (Å²) < 4.78 is 5.07. The second-order valence-electron chi connectivity index (χ2n) is 4.20. The van der Waals surface area contributed by atoms with Crippen molar-refractivity contribution in [3.63, 3.8) is 0 Å². The molecule has 2 amide bonds. The number of nitrogens with one attached hydrogen (secondary N) is 1. The molecule has 2 atom stereocenters. The largest absolute Gasteiger partial charge is 0.481 e. The van der Waals surface area contributed by atoms with Gasteiger partial charge in [-0.3, -0.25) is 4.79 Å². The Bertz CT molecular complexity index is 297. The SMILES string of the molecule is CCN(CCCO)C(=O)NC1COCC1C(=O)O. The van der Waals surface area contributed by atoms with Crippen molar-refractivity contribution >= 4 is 12.0 Å². The number of amides is 2. The normalized spacial score (nSPS) is 22.8. The van der Waals surface area contributed by atoms with Gasteiger partial charge < -0.3 is 25.2 Å². The van der Waals surface area contributed by atoms with Crippen LogP contribution in [-0.4, -0.2) is 66.1 Å². The number of aliphatic hydroxyl groups excluding tert-OH is 1. The van der Waals surface area contributed by atoms with Gasteiger partial charge in [0.05, 0.1) is 19.3 Å². The third-order valence-corrected chi connectivity index (χ3v) is 2.96. The van der Waals surface area contributed by atoms with Gasteiger partial charge >= 0.3 is 12.0 Å². The van der Waals surface area contributed by atoms with Crippen molar-refractivity contribution in [2.24, 2.45) is 5.92 Å². The number of hydrogen-bond donors (Lipinski definition) is 3. The van der Waals surface area contributed by atoms with Crippen LogP contribution in [0.1, 0.15) is 13.3 Å². The van der Waals surface area contributed by atoms with Crippen molar-refractivity contribution in [1.82, 2.24) is 10.2 Å². The number of aliphatic carboxylic acids is 1. The molecule has 1 heterocycles. The standard InChI is InChI=1S/C11H20N2O5/c1-2-13(4-3-5-14)11(17)12-9-7-18-6-8(9)10(15)16/h8-9,14H,2-7H2,1H3,(H,12,17)(H,15,16). The smallest absolute Gasteiger partial charge is 0.317 e. The van der Waals surface area contributed by atoms with Gasteiger partial charge in [0.15, 0.2) is 0 Å². The van der Waals surface area contributed by atoms with Gasteiger partial charge in [0, 0.05) is 19.7 Å². The van der Waals surface area contributed by atoms with Gasteiger partial charge in [-0.1, -0.05) is 0 Å². The van der Waals surface area contributed by atoms with Crippen LogP contribution in [0.2, 0.25) is 0 Å². The number of hydrogen-bond acceptors (Lipinski definition) is 4. The summed E-state index contributed by atoms with van der Waals surface area (Å²) in [6.45, 7) is 3.16. The molecule has 3 N–H and O–H groups in total. The number of urea groups is 1. The lowest BCUT2D eigenvalue weighted by molar-refractivity contribution is -0.142. The molecule has 1 aliphatic heterocycles. The molecule has 1 saturated heterocycles. The van der Waals surface area contributed by atoms with Crippen LogP contribution in [0.5, 0.6) is 0 Å². The summed E-state index contributed by atoms with van der Waals surface area (Å²) in [6.07, 6.45) is 0.505. The third kappa shape index (κ3) is 3.85. The first-order chi connectivity index (χ1) is 8.60. The van der Waals surface area contributed by atoms with Crippen molar-refractivity contribution < 1.29 is 24.5 Å². The Labute approximate surface area is 106 Å². The van der Waals surface area contributed by atoms with Crippen LogP contribution in [0.4, 0.5) is 4.79 Å². The Kier molecular flexibility index (Phi) is 5.87. The van der Waals surface area contributed by atoms with E-state index in [1.165, 1.54) is 4.90 Å². The van der Waals surface area contributed by atoms with Crippen molar-refractivity contribution in [2.45, 2.75) is 19.4 Å². The minimum atomic E-state index is -0.962. The van der Waals surface area contributed by atoms with E-state index in [0.29, 0.717) is 19.5 Å². The summed E-state index contributed by atoms with van der Waals surface area (Å²) in [6, 6.07) is -0.800. The van der Waals surface area contributed by atoms with E-state index in [1.54, 1.807) is 0 Å². The van der Waals surface area contributed by atoms with E-state index >= 15 is 0 Å². The molecule has 0 aromatic carbocycles. The zero-order chi connectivity index (χ0) is 13.5. The lowest BCUT2D eigenvalue weighted by Gasteiger charge is -2.24. The quantitative estimate of drug-likeness (QED) is 0.598. The zero-order valence-corrected chi connectivity index (χ0v) is 10.5. The van der Waals surface area contributed by atoms with E-state index in [4.69, 9.17) is 14.9 Å². The molecular weight excluding hydrogens is 240 g/mol. The Hall–Kier alpha value is -1.34. The Morgan fingerprint density at radius 3 is 2.72 bits per heavy atom. The number of rotatable bonds is 6. The molecule has 2 unspecified atom stereocenters. The van der Waals surface area contributed by atoms with Gasteiger partial charge in [-0.25, -0.2) is 4.79 Å². The van der Waals surface area contributed by atoms with Gasteiger partial charge in [0.2, 0.25) is 0 Å². The molecule has 1 fully saturated rings. The maximum atomic E-state index is 11.9. The van der Waals surface area contributed by atoms with E-state index in [0.717, 1.165) is 0 Å². The molecule has 0 aromatic rings. The van der Waals surface area contributed by atoms with Gasteiger partial charge in [0.25, 0.3) is 0 Å². The second-order valence-corrected chi connectivity index (χ2v) is 4.20. The third-order valence-electron chi connectivity index (χ3n) is 2.96. The minimum Gasteiger partial charge on any atom is -0.481 e. The molecule has 18 heavy (non-hydrogen) atoms. The zero-order valence-electron chi connectivity index (χ0n) is 10.5. The summed E-state index contributed by atoms with van der Waals surface area (Å²) in [5.74, 6) is -1.65. The van der Waals surface area contributed by atoms with E-state index in [2.05, 4.69) is 5.32 Å². The first-order valence-electron chi connectivity index (χ1n) is 6.07. The average Bonchev–Trinajstić information content (AvgIpc) is 2.78. The van der Waals surface area contributed by atoms with Crippen molar-refractivity contribution in [3.8, 4) is 0 Å².